The van der Waals surface area contributed by atoms with E-state index in [1.54, 1.807) is 0 Å². The third kappa shape index (κ3) is 3.19. The molecule has 7 nitrogen and oxygen atoms in total. The summed E-state index contributed by atoms with van der Waals surface area (Å²) in [6, 6.07) is 7.78. The molecule has 112 valence electrons. The third-order valence-corrected chi connectivity index (χ3v) is 3.67. The topological polar surface area (TPSA) is 130 Å². The van der Waals surface area contributed by atoms with E-state index in [1.807, 2.05) is 30.3 Å². The number of carboxylic acid groups (broad SMARTS) is 2. The van der Waals surface area contributed by atoms with Crippen LogP contribution in [-0.4, -0.2) is 34.1 Å². The van der Waals surface area contributed by atoms with Crippen LogP contribution in [0.3, 0.4) is 0 Å². The van der Waals surface area contributed by atoms with Crippen molar-refractivity contribution < 1.29 is 24.6 Å². The SMILES string of the molecule is N[C@H](C(=O)O)[C@@H]1[C@@H](C(=O)O)[C@@H]1C(=O)NCc1ccccc1. The molecule has 0 spiro atoms. The minimum atomic E-state index is -1.35. The fourth-order valence-corrected chi connectivity index (χ4v) is 2.50. The number of rotatable bonds is 6. The Morgan fingerprint density at radius 3 is 2.29 bits per heavy atom. The lowest BCUT2D eigenvalue weighted by atomic mass is 10.1. The largest absolute Gasteiger partial charge is 0.481 e. The lowest BCUT2D eigenvalue weighted by Gasteiger charge is -2.06. The van der Waals surface area contributed by atoms with Crippen molar-refractivity contribution in [1.29, 1.82) is 0 Å². The van der Waals surface area contributed by atoms with E-state index in [9.17, 15) is 14.4 Å². The number of hydrogen-bond acceptors (Lipinski definition) is 4. The average Bonchev–Trinajstić information content (AvgIpc) is 3.20. The van der Waals surface area contributed by atoms with E-state index >= 15 is 0 Å². The highest BCUT2D eigenvalue weighted by Gasteiger charge is 2.63. The minimum Gasteiger partial charge on any atom is -0.481 e. The van der Waals surface area contributed by atoms with Gasteiger partial charge in [0.1, 0.15) is 6.04 Å². The molecule has 4 atom stereocenters. The molecule has 0 aromatic heterocycles. The summed E-state index contributed by atoms with van der Waals surface area (Å²) in [5.74, 6) is -5.77. The van der Waals surface area contributed by atoms with Crippen LogP contribution < -0.4 is 11.1 Å². The predicted molar refractivity (Wildman–Crippen MR) is 72.0 cm³/mol. The molecule has 0 saturated heterocycles. The molecule has 0 unspecified atom stereocenters. The molecule has 1 aliphatic rings. The van der Waals surface area contributed by atoms with Crippen LogP contribution in [0.1, 0.15) is 5.56 Å². The first-order chi connectivity index (χ1) is 9.93. The first-order valence-corrected chi connectivity index (χ1v) is 6.46. The lowest BCUT2D eigenvalue weighted by Crippen LogP contribution is -2.35. The fraction of sp³-hybridized carbons (Fsp3) is 0.357. The monoisotopic (exact) mass is 292 g/mol. The molecule has 1 amide bonds. The summed E-state index contributed by atoms with van der Waals surface area (Å²) in [5, 5.41) is 20.5. The summed E-state index contributed by atoms with van der Waals surface area (Å²) in [5.41, 5.74) is 6.32. The van der Waals surface area contributed by atoms with Gasteiger partial charge in [0.05, 0.1) is 11.8 Å². The van der Waals surface area contributed by atoms with Gasteiger partial charge in [-0.15, -0.1) is 0 Å². The van der Waals surface area contributed by atoms with E-state index < -0.39 is 41.6 Å². The number of aliphatic carboxylic acids is 2. The summed E-state index contributed by atoms with van der Waals surface area (Å²) in [6.45, 7) is 0.261. The number of hydrogen-bond donors (Lipinski definition) is 4. The van der Waals surface area contributed by atoms with Crippen LogP contribution in [-0.2, 0) is 20.9 Å². The lowest BCUT2D eigenvalue weighted by molar-refractivity contribution is -0.141. The standard InChI is InChI=1S/C14H16N2O5/c15-11(14(20)21)8-9(10(8)13(18)19)12(17)16-6-7-4-2-1-3-5-7/h1-5,8-11H,6,15H2,(H,16,17)(H,18,19)(H,20,21)/t8-,9+,10+,11-/m0/s1. The van der Waals surface area contributed by atoms with Crippen molar-refractivity contribution in [1.82, 2.24) is 5.32 Å². The van der Waals surface area contributed by atoms with E-state index in [4.69, 9.17) is 15.9 Å². The molecule has 2 rings (SSSR count). The first-order valence-electron chi connectivity index (χ1n) is 6.46. The van der Waals surface area contributed by atoms with Crippen molar-refractivity contribution in [2.45, 2.75) is 12.6 Å². The number of amides is 1. The van der Waals surface area contributed by atoms with Crippen LogP contribution in [0, 0.1) is 17.8 Å². The third-order valence-electron chi connectivity index (χ3n) is 3.67. The van der Waals surface area contributed by atoms with Gasteiger partial charge >= 0.3 is 11.9 Å². The normalized spacial score (nSPS) is 24.9. The molecule has 1 fully saturated rings. The molecule has 5 N–H and O–H groups in total. The van der Waals surface area contributed by atoms with Gasteiger partial charge in [-0.1, -0.05) is 30.3 Å². The van der Waals surface area contributed by atoms with Crippen molar-refractivity contribution in [3.05, 3.63) is 35.9 Å². The zero-order valence-corrected chi connectivity index (χ0v) is 11.1. The minimum absolute atomic E-state index is 0.261. The maximum absolute atomic E-state index is 12.0. The molecule has 0 aliphatic heterocycles. The molecule has 1 saturated carbocycles. The Hall–Kier alpha value is -2.41. The zero-order valence-electron chi connectivity index (χ0n) is 11.1. The number of benzene rings is 1. The van der Waals surface area contributed by atoms with E-state index in [0.29, 0.717) is 0 Å². The van der Waals surface area contributed by atoms with Gasteiger partial charge in [-0.25, -0.2) is 0 Å². The summed E-state index contributed by atoms with van der Waals surface area (Å²) in [4.78, 5) is 33.9. The van der Waals surface area contributed by atoms with Crippen LogP contribution in [0.15, 0.2) is 30.3 Å². The van der Waals surface area contributed by atoms with E-state index in [-0.39, 0.29) is 6.54 Å². The molecule has 1 aromatic rings. The summed E-state index contributed by atoms with van der Waals surface area (Å²) in [6.07, 6.45) is 0. The number of carbonyl (C=O) groups is 3. The quantitative estimate of drug-likeness (QED) is 0.567. The predicted octanol–water partition coefficient (Wildman–Crippen LogP) is -0.338. The Labute approximate surface area is 120 Å². The highest BCUT2D eigenvalue weighted by Crippen LogP contribution is 2.48. The van der Waals surface area contributed by atoms with Crippen molar-refractivity contribution in [2.24, 2.45) is 23.5 Å². The Balaban J connectivity index is 1.98. The fourth-order valence-electron chi connectivity index (χ4n) is 2.50. The van der Waals surface area contributed by atoms with Gasteiger partial charge in [0, 0.05) is 12.5 Å². The number of nitrogens with one attached hydrogen (secondary N) is 1. The molecule has 0 bridgehead atoms. The molecule has 0 radical (unpaired) electrons. The Morgan fingerprint density at radius 1 is 1.14 bits per heavy atom. The van der Waals surface area contributed by atoms with Gasteiger partial charge in [0.15, 0.2) is 0 Å². The van der Waals surface area contributed by atoms with Gasteiger partial charge in [-0.3, -0.25) is 14.4 Å². The Bertz CT molecular complexity index is 560. The van der Waals surface area contributed by atoms with Gasteiger partial charge in [-0.05, 0) is 5.56 Å². The van der Waals surface area contributed by atoms with Crippen molar-refractivity contribution in [2.75, 3.05) is 0 Å². The molecule has 21 heavy (non-hydrogen) atoms. The van der Waals surface area contributed by atoms with Crippen LogP contribution >= 0.6 is 0 Å². The highest BCUT2D eigenvalue weighted by atomic mass is 16.4. The van der Waals surface area contributed by atoms with Crippen molar-refractivity contribution in [3.63, 3.8) is 0 Å². The summed E-state index contributed by atoms with van der Waals surface area (Å²) in [7, 11) is 0. The van der Waals surface area contributed by atoms with Crippen LogP contribution in [0.25, 0.3) is 0 Å². The van der Waals surface area contributed by atoms with Crippen LogP contribution in [0.4, 0.5) is 0 Å². The maximum atomic E-state index is 12.0. The van der Waals surface area contributed by atoms with E-state index in [0.717, 1.165) is 5.56 Å². The second-order valence-electron chi connectivity index (χ2n) is 5.03. The number of nitrogens with two attached hydrogens (primary N) is 1. The van der Waals surface area contributed by atoms with Crippen molar-refractivity contribution in [3.8, 4) is 0 Å². The smallest absolute Gasteiger partial charge is 0.320 e. The van der Waals surface area contributed by atoms with Gasteiger partial charge in [0.2, 0.25) is 5.91 Å². The summed E-state index contributed by atoms with van der Waals surface area (Å²) >= 11 is 0. The second-order valence-corrected chi connectivity index (χ2v) is 5.03. The Kier molecular flexibility index (Phi) is 4.23. The van der Waals surface area contributed by atoms with Crippen molar-refractivity contribution >= 4 is 17.8 Å². The molecule has 0 heterocycles. The number of carboxylic acids is 2. The molecule has 7 heteroatoms. The van der Waals surface area contributed by atoms with Crippen LogP contribution in [0.5, 0.6) is 0 Å². The van der Waals surface area contributed by atoms with E-state index in [1.165, 1.54) is 0 Å². The number of carbonyl (C=O) groups excluding carboxylic acids is 1. The average molecular weight is 292 g/mol. The zero-order chi connectivity index (χ0) is 15.6. The molecular weight excluding hydrogens is 276 g/mol. The Morgan fingerprint density at radius 2 is 1.76 bits per heavy atom. The van der Waals surface area contributed by atoms with Gasteiger partial charge in [-0.2, -0.15) is 0 Å². The second kappa shape index (κ2) is 5.92. The van der Waals surface area contributed by atoms with Gasteiger partial charge < -0.3 is 21.3 Å². The molecular formula is C14H16N2O5. The highest BCUT2D eigenvalue weighted by molar-refractivity contribution is 5.92. The maximum Gasteiger partial charge on any atom is 0.320 e. The molecule has 1 aromatic carbocycles. The summed E-state index contributed by atoms with van der Waals surface area (Å²) < 4.78 is 0. The van der Waals surface area contributed by atoms with E-state index in [2.05, 4.69) is 5.32 Å². The molecule has 1 aliphatic carbocycles. The van der Waals surface area contributed by atoms with Crippen LogP contribution in [0.2, 0.25) is 0 Å². The van der Waals surface area contributed by atoms with Gasteiger partial charge in [0.25, 0.3) is 0 Å². The first kappa shape index (κ1) is 15.0.